The summed E-state index contributed by atoms with van der Waals surface area (Å²) in [5.41, 5.74) is 0. The maximum atomic E-state index is 12.3. The van der Waals surface area contributed by atoms with Crippen molar-refractivity contribution >= 4 is 15.9 Å². The summed E-state index contributed by atoms with van der Waals surface area (Å²) in [6.07, 6.45) is 4.67. The van der Waals surface area contributed by atoms with Gasteiger partial charge in [-0.15, -0.1) is 0 Å². The Morgan fingerprint density at radius 2 is 1.91 bits per heavy atom. The minimum Gasteiger partial charge on any atom is -0.383 e. The fraction of sp³-hybridized carbons (Fsp3) is 0.933. The summed E-state index contributed by atoms with van der Waals surface area (Å²) >= 11 is 0. The average molecular weight is 347 g/mol. The number of carbonyl (C=O) groups is 1. The zero-order valence-electron chi connectivity index (χ0n) is 14.2. The SMILES string of the molecule is COCCN1CCC(CNC(=O)[C@@H]2CCCN2S(C)(=O)=O)CC1. The Hall–Kier alpha value is -0.700. The first-order valence-corrected chi connectivity index (χ1v) is 10.2. The molecule has 134 valence electrons. The summed E-state index contributed by atoms with van der Waals surface area (Å²) in [4.78, 5) is 14.7. The number of amides is 1. The first kappa shape index (κ1) is 18.6. The standard InChI is InChI=1S/C15H29N3O4S/c1-22-11-10-17-8-5-13(6-9-17)12-16-15(19)14-4-3-7-18(14)23(2,20)21/h13-14H,3-12H2,1-2H3,(H,16,19)/t14-/m0/s1. The molecule has 2 heterocycles. The molecule has 0 bridgehead atoms. The minimum absolute atomic E-state index is 0.144. The van der Waals surface area contributed by atoms with Gasteiger partial charge in [-0.3, -0.25) is 4.79 Å². The van der Waals surface area contributed by atoms with Crippen LogP contribution in [0.3, 0.4) is 0 Å². The van der Waals surface area contributed by atoms with Crippen LogP contribution in [0.5, 0.6) is 0 Å². The Bertz CT molecular complexity index is 489. The van der Waals surface area contributed by atoms with Gasteiger partial charge in [0.15, 0.2) is 0 Å². The predicted molar refractivity (Wildman–Crippen MR) is 88.6 cm³/mol. The van der Waals surface area contributed by atoms with Crippen LogP contribution in [0.2, 0.25) is 0 Å². The number of ether oxygens (including phenoxy) is 1. The lowest BCUT2D eigenvalue weighted by atomic mass is 9.96. The van der Waals surface area contributed by atoms with Crippen molar-refractivity contribution < 1.29 is 17.9 Å². The number of likely N-dealkylation sites (tertiary alicyclic amines) is 1. The van der Waals surface area contributed by atoms with Crippen molar-refractivity contribution in [1.82, 2.24) is 14.5 Å². The molecule has 2 aliphatic heterocycles. The summed E-state index contributed by atoms with van der Waals surface area (Å²) in [5.74, 6) is 0.334. The summed E-state index contributed by atoms with van der Waals surface area (Å²) in [6.45, 7) is 4.87. The number of methoxy groups -OCH3 is 1. The topological polar surface area (TPSA) is 79.0 Å². The molecule has 0 unspecified atom stereocenters. The quantitative estimate of drug-likeness (QED) is 0.695. The van der Waals surface area contributed by atoms with Crippen molar-refractivity contribution in [1.29, 1.82) is 0 Å². The number of hydrogen-bond donors (Lipinski definition) is 1. The Labute approximate surface area is 139 Å². The van der Waals surface area contributed by atoms with E-state index < -0.39 is 16.1 Å². The van der Waals surface area contributed by atoms with Gasteiger partial charge in [-0.05, 0) is 44.7 Å². The van der Waals surface area contributed by atoms with Crippen molar-refractivity contribution in [3.05, 3.63) is 0 Å². The van der Waals surface area contributed by atoms with Gasteiger partial charge in [-0.25, -0.2) is 8.42 Å². The molecule has 0 aromatic rings. The van der Waals surface area contributed by atoms with Gasteiger partial charge in [0.05, 0.1) is 12.9 Å². The van der Waals surface area contributed by atoms with E-state index in [1.54, 1.807) is 7.11 Å². The second kappa shape index (κ2) is 8.41. The van der Waals surface area contributed by atoms with Crippen molar-refractivity contribution in [3.8, 4) is 0 Å². The highest BCUT2D eigenvalue weighted by atomic mass is 32.2. The van der Waals surface area contributed by atoms with Gasteiger partial charge in [0, 0.05) is 26.7 Å². The molecule has 2 fully saturated rings. The highest BCUT2D eigenvalue weighted by molar-refractivity contribution is 7.88. The number of hydrogen-bond acceptors (Lipinski definition) is 5. The van der Waals surface area contributed by atoms with Crippen LogP contribution in [0.4, 0.5) is 0 Å². The maximum absolute atomic E-state index is 12.3. The molecule has 2 saturated heterocycles. The van der Waals surface area contributed by atoms with Gasteiger partial charge in [-0.2, -0.15) is 4.31 Å². The lowest BCUT2D eigenvalue weighted by Gasteiger charge is -2.32. The van der Waals surface area contributed by atoms with Crippen LogP contribution in [-0.2, 0) is 19.6 Å². The molecule has 8 heteroatoms. The molecule has 1 atom stereocenters. The molecule has 2 aliphatic rings. The highest BCUT2D eigenvalue weighted by Crippen LogP contribution is 2.21. The Morgan fingerprint density at radius 3 is 2.52 bits per heavy atom. The van der Waals surface area contributed by atoms with Gasteiger partial charge < -0.3 is 15.0 Å². The zero-order valence-corrected chi connectivity index (χ0v) is 15.0. The summed E-state index contributed by atoms with van der Waals surface area (Å²) in [7, 11) is -1.59. The van der Waals surface area contributed by atoms with E-state index in [2.05, 4.69) is 10.2 Å². The molecule has 0 spiro atoms. The molecule has 1 N–H and O–H groups in total. The fourth-order valence-corrected chi connectivity index (χ4v) is 4.52. The van der Waals surface area contributed by atoms with E-state index in [0.29, 0.717) is 25.4 Å². The third kappa shape index (κ3) is 5.41. The highest BCUT2D eigenvalue weighted by Gasteiger charge is 2.36. The van der Waals surface area contributed by atoms with Crippen LogP contribution in [0.25, 0.3) is 0 Å². The third-order valence-corrected chi connectivity index (χ3v) is 6.11. The molecular formula is C15H29N3O4S. The van der Waals surface area contributed by atoms with Crippen molar-refractivity contribution in [2.75, 3.05) is 52.7 Å². The van der Waals surface area contributed by atoms with E-state index in [-0.39, 0.29) is 5.91 Å². The van der Waals surface area contributed by atoms with Crippen molar-refractivity contribution in [2.45, 2.75) is 31.7 Å². The van der Waals surface area contributed by atoms with Crippen molar-refractivity contribution in [2.24, 2.45) is 5.92 Å². The maximum Gasteiger partial charge on any atom is 0.238 e. The molecular weight excluding hydrogens is 318 g/mol. The third-order valence-electron chi connectivity index (χ3n) is 4.82. The van der Waals surface area contributed by atoms with Gasteiger partial charge in [0.2, 0.25) is 15.9 Å². The molecule has 7 nitrogen and oxygen atoms in total. The molecule has 0 radical (unpaired) electrons. The number of carbonyl (C=O) groups excluding carboxylic acids is 1. The Kier molecular flexibility index (Phi) is 6.82. The summed E-state index contributed by atoms with van der Waals surface area (Å²) in [5, 5.41) is 2.97. The lowest BCUT2D eigenvalue weighted by molar-refractivity contribution is -0.124. The lowest BCUT2D eigenvalue weighted by Crippen LogP contribution is -2.47. The van der Waals surface area contributed by atoms with E-state index >= 15 is 0 Å². The average Bonchev–Trinajstić information content (AvgIpc) is 3.01. The van der Waals surface area contributed by atoms with E-state index in [9.17, 15) is 13.2 Å². The first-order valence-electron chi connectivity index (χ1n) is 8.37. The van der Waals surface area contributed by atoms with Crippen LogP contribution in [0.1, 0.15) is 25.7 Å². The van der Waals surface area contributed by atoms with Crippen LogP contribution in [0.15, 0.2) is 0 Å². The zero-order chi connectivity index (χ0) is 16.9. The fourth-order valence-electron chi connectivity index (χ4n) is 3.40. The molecule has 0 aromatic heterocycles. The van der Waals surface area contributed by atoms with Gasteiger partial charge in [0.1, 0.15) is 6.04 Å². The smallest absolute Gasteiger partial charge is 0.238 e. The number of piperidine rings is 1. The predicted octanol–water partition coefficient (Wildman–Crippen LogP) is -0.115. The van der Waals surface area contributed by atoms with E-state index in [1.165, 1.54) is 10.6 Å². The van der Waals surface area contributed by atoms with Crippen LogP contribution in [-0.4, -0.2) is 82.3 Å². The van der Waals surface area contributed by atoms with E-state index in [4.69, 9.17) is 4.74 Å². The molecule has 0 saturated carbocycles. The molecule has 0 aliphatic carbocycles. The second-order valence-electron chi connectivity index (χ2n) is 6.55. The molecule has 23 heavy (non-hydrogen) atoms. The normalized spacial score (nSPS) is 24.9. The molecule has 0 aromatic carbocycles. The summed E-state index contributed by atoms with van der Waals surface area (Å²) in [6, 6.07) is -0.521. The van der Waals surface area contributed by atoms with Crippen LogP contribution >= 0.6 is 0 Å². The second-order valence-corrected chi connectivity index (χ2v) is 8.49. The Balaban J connectivity index is 1.73. The molecule has 2 rings (SSSR count). The van der Waals surface area contributed by atoms with Gasteiger partial charge >= 0.3 is 0 Å². The Morgan fingerprint density at radius 1 is 1.22 bits per heavy atom. The monoisotopic (exact) mass is 347 g/mol. The summed E-state index contributed by atoms with van der Waals surface area (Å²) < 4.78 is 29.8. The van der Waals surface area contributed by atoms with Crippen molar-refractivity contribution in [3.63, 3.8) is 0 Å². The largest absolute Gasteiger partial charge is 0.383 e. The van der Waals surface area contributed by atoms with E-state index in [0.717, 1.165) is 45.5 Å². The van der Waals surface area contributed by atoms with E-state index in [1.807, 2.05) is 0 Å². The number of rotatable bonds is 7. The van der Waals surface area contributed by atoms with Gasteiger partial charge in [0.25, 0.3) is 0 Å². The van der Waals surface area contributed by atoms with Gasteiger partial charge in [-0.1, -0.05) is 0 Å². The van der Waals surface area contributed by atoms with Crippen LogP contribution < -0.4 is 5.32 Å². The van der Waals surface area contributed by atoms with Crippen LogP contribution in [0, 0.1) is 5.92 Å². The first-order chi connectivity index (χ1) is 10.9. The minimum atomic E-state index is -3.30. The number of nitrogens with zero attached hydrogens (tertiary/aromatic N) is 2. The number of nitrogens with one attached hydrogen (secondary N) is 1. The molecule has 1 amide bonds. The number of sulfonamides is 1.